The van der Waals surface area contributed by atoms with Crippen molar-refractivity contribution in [2.45, 2.75) is 39.2 Å². The predicted molar refractivity (Wildman–Crippen MR) is 93.9 cm³/mol. The van der Waals surface area contributed by atoms with Gasteiger partial charge in [-0.05, 0) is 20.8 Å². The number of carboxylic acid groups (broad SMARTS) is 1. The Kier molecular flexibility index (Phi) is 5.26. The van der Waals surface area contributed by atoms with Crippen LogP contribution in [-0.2, 0) is 22.4 Å². The first-order chi connectivity index (χ1) is 12.1. The van der Waals surface area contributed by atoms with E-state index < -0.39 is 23.2 Å². The summed E-state index contributed by atoms with van der Waals surface area (Å²) in [7, 11) is 0. The average Bonchev–Trinajstić information content (AvgIpc) is 2.47. The minimum atomic E-state index is -1.11. The molecule has 0 aromatic carbocycles. The Bertz CT molecular complexity index is 966. The van der Waals surface area contributed by atoms with Crippen LogP contribution in [0.2, 0.25) is 0 Å². The normalized spacial score (nSPS) is 11.0. The molecule has 26 heavy (non-hydrogen) atoms. The van der Waals surface area contributed by atoms with Crippen LogP contribution in [-0.4, -0.2) is 37.7 Å². The van der Waals surface area contributed by atoms with Crippen molar-refractivity contribution in [3.63, 3.8) is 0 Å². The van der Waals surface area contributed by atoms with Gasteiger partial charge in [-0.2, -0.15) is 0 Å². The maximum Gasteiger partial charge on any atom is 0.414 e. The quantitative estimate of drug-likeness (QED) is 0.704. The number of carboxylic acids is 1. The Balaban J connectivity index is 2.56. The van der Waals surface area contributed by atoms with Crippen molar-refractivity contribution in [1.29, 1.82) is 0 Å². The van der Waals surface area contributed by atoms with Crippen LogP contribution in [0, 0.1) is 12.3 Å². The predicted octanol–water partition coefficient (Wildman–Crippen LogP) is 1.47. The molecule has 1 amide bonds. The molecule has 0 aliphatic rings. The van der Waals surface area contributed by atoms with E-state index in [1.807, 2.05) is 0 Å². The lowest BCUT2D eigenvalue weighted by Crippen LogP contribution is -2.28. The number of terminal acetylenes is 1. The van der Waals surface area contributed by atoms with Crippen molar-refractivity contribution in [2.75, 3.05) is 5.32 Å². The van der Waals surface area contributed by atoms with E-state index in [9.17, 15) is 14.4 Å². The van der Waals surface area contributed by atoms with E-state index >= 15 is 0 Å². The molecular formula is C17H18N4O5. The first-order valence-electron chi connectivity index (χ1n) is 7.66. The average molecular weight is 358 g/mol. The molecule has 0 saturated carbocycles. The third kappa shape index (κ3) is 4.57. The summed E-state index contributed by atoms with van der Waals surface area (Å²) >= 11 is 0. The van der Waals surface area contributed by atoms with E-state index in [0.717, 1.165) is 0 Å². The summed E-state index contributed by atoms with van der Waals surface area (Å²) in [6, 6.07) is 0. The van der Waals surface area contributed by atoms with Gasteiger partial charge in [0, 0.05) is 11.8 Å². The van der Waals surface area contributed by atoms with Crippen LogP contribution >= 0.6 is 0 Å². The van der Waals surface area contributed by atoms with Gasteiger partial charge in [0.15, 0.2) is 0 Å². The number of H-pyrrole nitrogens is 1. The zero-order chi connectivity index (χ0) is 19.5. The molecule has 0 saturated heterocycles. The van der Waals surface area contributed by atoms with Crippen LogP contribution in [0.1, 0.15) is 32.0 Å². The molecule has 2 aromatic rings. The molecule has 0 fully saturated rings. The second kappa shape index (κ2) is 7.23. The van der Waals surface area contributed by atoms with Gasteiger partial charge in [0.1, 0.15) is 5.60 Å². The Morgan fingerprint density at radius 1 is 1.42 bits per heavy atom. The van der Waals surface area contributed by atoms with Gasteiger partial charge in [0.05, 0.1) is 29.4 Å². The molecule has 0 unspecified atom stereocenters. The fraction of sp³-hybridized carbons (Fsp3) is 0.353. The molecular weight excluding hydrogens is 340 g/mol. The van der Waals surface area contributed by atoms with E-state index in [1.54, 1.807) is 20.8 Å². The highest BCUT2D eigenvalue weighted by Crippen LogP contribution is 2.18. The standard InChI is InChI=1S/C17H18N4O5/c1-5-6-10-12-13(9(8-18-10)7-11(22)23)19-15(20-14(12)24)21-16(25)26-17(2,3)4/h1,8H,6-7H2,2-4H3,(H,22,23)(H2,19,20,21,24,25). The van der Waals surface area contributed by atoms with E-state index in [4.69, 9.17) is 16.3 Å². The zero-order valence-corrected chi connectivity index (χ0v) is 14.5. The second-order valence-electron chi connectivity index (χ2n) is 6.45. The summed E-state index contributed by atoms with van der Waals surface area (Å²) in [4.78, 5) is 46.0. The fourth-order valence-electron chi connectivity index (χ4n) is 2.24. The van der Waals surface area contributed by atoms with Crippen molar-refractivity contribution in [3.05, 3.63) is 27.8 Å². The van der Waals surface area contributed by atoms with E-state index in [2.05, 4.69) is 26.2 Å². The number of nitrogens with zero attached hydrogens (tertiary/aromatic N) is 2. The first-order valence-corrected chi connectivity index (χ1v) is 7.66. The van der Waals surface area contributed by atoms with Crippen LogP contribution < -0.4 is 10.9 Å². The molecule has 2 aromatic heterocycles. The molecule has 3 N–H and O–H groups in total. The lowest BCUT2D eigenvalue weighted by molar-refractivity contribution is -0.136. The van der Waals surface area contributed by atoms with Crippen LogP contribution in [0.3, 0.4) is 0 Å². The molecule has 0 spiro atoms. The van der Waals surface area contributed by atoms with Gasteiger partial charge >= 0.3 is 12.1 Å². The number of aromatic amines is 1. The van der Waals surface area contributed by atoms with Crippen molar-refractivity contribution in [3.8, 4) is 12.3 Å². The lowest BCUT2D eigenvalue weighted by atomic mass is 10.1. The molecule has 9 heteroatoms. The second-order valence-corrected chi connectivity index (χ2v) is 6.45. The highest BCUT2D eigenvalue weighted by atomic mass is 16.6. The summed E-state index contributed by atoms with van der Waals surface area (Å²) in [6.07, 6.45) is 5.48. The number of ether oxygens (including phenoxy) is 1. The number of carbonyl (C=O) groups excluding carboxylic acids is 1. The maximum atomic E-state index is 12.5. The number of rotatable bonds is 4. The van der Waals surface area contributed by atoms with E-state index in [-0.39, 0.29) is 35.3 Å². The summed E-state index contributed by atoms with van der Waals surface area (Å²) in [5.41, 5.74) is -0.686. The van der Waals surface area contributed by atoms with E-state index in [1.165, 1.54) is 6.20 Å². The number of amides is 1. The number of carbonyl (C=O) groups is 2. The van der Waals surface area contributed by atoms with Crippen LogP contribution in [0.15, 0.2) is 11.0 Å². The largest absolute Gasteiger partial charge is 0.481 e. The lowest BCUT2D eigenvalue weighted by Gasteiger charge is -2.19. The Hall–Kier alpha value is -3.41. The number of aromatic nitrogens is 3. The summed E-state index contributed by atoms with van der Waals surface area (Å²) in [5, 5.41) is 11.5. The fourth-order valence-corrected chi connectivity index (χ4v) is 2.24. The molecule has 0 aliphatic carbocycles. The Morgan fingerprint density at radius 3 is 2.69 bits per heavy atom. The first kappa shape index (κ1) is 18.9. The molecule has 0 radical (unpaired) electrons. The van der Waals surface area contributed by atoms with Crippen molar-refractivity contribution in [1.82, 2.24) is 15.0 Å². The topological polar surface area (TPSA) is 134 Å². The zero-order valence-electron chi connectivity index (χ0n) is 14.5. The molecule has 0 aliphatic heterocycles. The third-order valence-electron chi connectivity index (χ3n) is 3.12. The summed E-state index contributed by atoms with van der Waals surface area (Å²) in [6.45, 7) is 5.06. The van der Waals surface area contributed by atoms with Crippen LogP contribution in [0.5, 0.6) is 0 Å². The minimum absolute atomic E-state index is 0.0768. The summed E-state index contributed by atoms with van der Waals surface area (Å²) < 4.78 is 5.11. The van der Waals surface area contributed by atoms with Gasteiger partial charge in [-0.15, -0.1) is 12.3 Å². The van der Waals surface area contributed by atoms with Gasteiger partial charge in [-0.25, -0.2) is 9.78 Å². The van der Waals surface area contributed by atoms with Gasteiger partial charge < -0.3 is 9.84 Å². The minimum Gasteiger partial charge on any atom is -0.481 e. The van der Waals surface area contributed by atoms with E-state index in [0.29, 0.717) is 5.69 Å². The van der Waals surface area contributed by atoms with Crippen LogP contribution in [0.25, 0.3) is 10.9 Å². The number of hydrogen-bond donors (Lipinski definition) is 3. The van der Waals surface area contributed by atoms with Gasteiger partial charge in [0.25, 0.3) is 5.56 Å². The molecule has 136 valence electrons. The third-order valence-corrected chi connectivity index (χ3v) is 3.12. The molecule has 0 bridgehead atoms. The smallest absolute Gasteiger partial charge is 0.414 e. The number of pyridine rings is 1. The van der Waals surface area contributed by atoms with Gasteiger partial charge in [-0.3, -0.25) is 24.9 Å². The number of anilines is 1. The van der Waals surface area contributed by atoms with Crippen molar-refractivity contribution >= 4 is 28.9 Å². The summed E-state index contributed by atoms with van der Waals surface area (Å²) in [5.74, 6) is 1.11. The van der Waals surface area contributed by atoms with Gasteiger partial charge in [0.2, 0.25) is 5.95 Å². The number of hydrogen-bond acceptors (Lipinski definition) is 6. The number of nitrogens with one attached hydrogen (secondary N) is 2. The van der Waals surface area contributed by atoms with Crippen LogP contribution in [0.4, 0.5) is 10.7 Å². The SMILES string of the molecule is C#CCc1ncc(CC(=O)O)c2nc(NC(=O)OC(C)(C)C)[nH]c(=O)c12. The Morgan fingerprint density at radius 2 is 2.12 bits per heavy atom. The van der Waals surface area contributed by atoms with Crippen molar-refractivity contribution in [2.24, 2.45) is 0 Å². The number of aliphatic carboxylic acids is 1. The van der Waals surface area contributed by atoms with Crippen molar-refractivity contribution < 1.29 is 19.4 Å². The Labute approximate surface area is 148 Å². The monoisotopic (exact) mass is 358 g/mol. The maximum absolute atomic E-state index is 12.5. The molecule has 2 rings (SSSR count). The highest BCUT2D eigenvalue weighted by molar-refractivity contribution is 5.89. The molecule has 9 nitrogen and oxygen atoms in total. The molecule has 2 heterocycles. The molecule has 0 atom stereocenters. The number of fused-ring (bicyclic) bond motifs is 1. The van der Waals surface area contributed by atoms with Gasteiger partial charge in [-0.1, -0.05) is 0 Å². The highest BCUT2D eigenvalue weighted by Gasteiger charge is 2.19.